The molecule has 0 spiro atoms. The molecule has 0 saturated carbocycles. The van der Waals surface area contributed by atoms with Crippen LogP contribution in [0, 0.1) is 5.41 Å². The van der Waals surface area contributed by atoms with Crippen LogP contribution in [0.4, 0.5) is 0 Å². The van der Waals surface area contributed by atoms with E-state index in [9.17, 15) is 4.79 Å². The van der Waals surface area contributed by atoms with E-state index in [-0.39, 0.29) is 11.2 Å². The summed E-state index contributed by atoms with van der Waals surface area (Å²) < 4.78 is 6.85. The fourth-order valence-electron chi connectivity index (χ4n) is 1.74. The lowest BCUT2D eigenvalue weighted by Crippen LogP contribution is -2.27. The number of oxazole rings is 1. The van der Waals surface area contributed by atoms with Crippen LogP contribution in [0.5, 0.6) is 0 Å². The molecule has 0 amide bonds. The Hall–Kier alpha value is -1.55. The number of nitrogens with zero attached hydrogens (tertiary/aromatic N) is 1. The van der Waals surface area contributed by atoms with Gasteiger partial charge in [-0.05, 0) is 30.5 Å². The summed E-state index contributed by atoms with van der Waals surface area (Å²) in [7, 11) is 0. The molecule has 0 aliphatic heterocycles. The van der Waals surface area contributed by atoms with Gasteiger partial charge >= 0.3 is 5.76 Å². The van der Waals surface area contributed by atoms with Gasteiger partial charge < -0.3 is 10.2 Å². The largest absolute Gasteiger partial charge is 0.419 e. The van der Waals surface area contributed by atoms with E-state index < -0.39 is 0 Å². The van der Waals surface area contributed by atoms with Crippen molar-refractivity contribution in [3.05, 3.63) is 34.8 Å². The Kier molecular flexibility index (Phi) is 3.07. The number of hydrogen-bond donors (Lipinski definition) is 1. The minimum Gasteiger partial charge on any atom is -0.408 e. The first-order valence-corrected chi connectivity index (χ1v) is 5.82. The molecule has 92 valence electrons. The van der Waals surface area contributed by atoms with Crippen LogP contribution in [0.3, 0.4) is 0 Å². The molecule has 1 aromatic carbocycles. The Morgan fingerprint density at radius 1 is 1.35 bits per heavy atom. The summed E-state index contributed by atoms with van der Waals surface area (Å²) in [6.45, 7) is 5.44. The highest BCUT2D eigenvalue weighted by Gasteiger charge is 2.17. The Balaban J connectivity index is 2.30. The SMILES string of the molecule is CC(C)(CN)CCn1c(=O)oc2ccccc21. The fraction of sp³-hybridized carbons (Fsp3) is 0.462. The van der Waals surface area contributed by atoms with Crippen molar-refractivity contribution in [1.82, 2.24) is 4.57 Å². The normalized spacial score (nSPS) is 12.2. The first kappa shape index (κ1) is 11.9. The Labute approximate surface area is 100 Å². The van der Waals surface area contributed by atoms with Gasteiger partial charge in [0.1, 0.15) is 0 Å². The summed E-state index contributed by atoms with van der Waals surface area (Å²) in [6.07, 6.45) is 0.854. The van der Waals surface area contributed by atoms with E-state index >= 15 is 0 Å². The van der Waals surface area contributed by atoms with E-state index in [1.165, 1.54) is 0 Å². The number of fused-ring (bicyclic) bond motifs is 1. The van der Waals surface area contributed by atoms with Crippen molar-refractivity contribution in [3.63, 3.8) is 0 Å². The van der Waals surface area contributed by atoms with E-state index in [2.05, 4.69) is 13.8 Å². The molecule has 0 saturated heterocycles. The Morgan fingerprint density at radius 2 is 2.06 bits per heavy atom. The molecular weight excluding hydrogens is 216 g/mol. The van der Waals surface area contributed by atoms with Gasteiger partial charge in [-0.15, -0.1) is 0 Å². The first-order chi connectivity index (χ1) is 8.03. The van der Waals surface area contributed by atoms with E-state index in [0.29, 0.717) is 18.7 Å². The van der Waals surface area contributed by atoms with Gasteiger partial charge in [-0.25, -0.2) is 4.79 Å². The summed E-state index contributed by atoms with van der Waals surface area (Å²) in [5, 5.41) is 0. The summed E-state index contributed by atoms with van der Waals surface area (Å²) in [5.41, 5.74) is 7.22. The highest BCUT2D eigenvalue weighted by atomic mass is 16.4. The molecule has 0 fully saturated rings. The van der Waals surface area contributed by atoms with Crippen molar-refractivity contribution in [3.8, 4) is 0 Å². The number of rotatable bonds is 4. The average molecular weight is 234 g/mol. The zero-order valence-corrected chi connectivity index (χ0v) is 10.3. The fourth-order valence-corrected chi connectivity index (χ4v) is 1.74. The summed E-state index contributed by atoms with van der Waals surface area (Å²) in [6, 6.07) is 7.47. The number of para-hydroxylation sites is 2. The highest BCUT2D eigenvalue weighted by molar-refractivity contribution is 5.72. The monoisotopic (exact) mass is 234 g/mol. The molecule has 2 rings (SSSR count). The molecule has 1 aromatic heterocycles. The molecule has 0 aliphatic rings. The van der Waals surface area contributed by atoms with Gasteiger partial charge in [-0.2, -0.15) is 0 Å². The number of aromatic nitrogens is 1. The number of aryl methyl sites for hydroxylation is 1. The number of nitrogens with two attached hydrogens (primary N) is 1. The van der Waals surface area contributed by atoms with Crippen molar-refractivity contribution >= 4 is 11.1 Å². The lowest BCUT2D eigenvalue weighted by molar-refractivity contribution is 0.319. The molecular formula is C13H18N2O2. The summed E-state index contributed by atoms with van der Waals surface area (Å²) >= 11 is 0. The van der Waals surface area contributed by atoms with Gasteiger partial charge in [0.15, 0.2) is 5.58 Å². The molecule has 1 heterocycles. The molecule has 17 heavy (non-hydrogen) atoms. The third-order valence-electron chi connectivity index (χ3n) is 3.14. The van der Waals surface area contributed by atoms with Crippen molar-refractivity contribution in [2.24, 2.45) is 11.1 Å². The Bertz CT molecular complexity index is 566. The van der Waals surface area contributed by atoms with Crippen LogP contribution in [0.15, 0.2) is 33.5 Å². The molecule has 0 radical (unpaired) electrons. The topological polar surface area (TPSA) is 61.2 Å². The highest BCUT2D eigenvalue weighted by Crippen LogP contribution is 2.20. The Morgan fingerprint density at radius 3 is 2.76 bits per heavy atom. The maximum Gasteiger partial charge on any atom is 0.419 e. The molecule has 4 nitrogen and oxygen atoms in total. The molecule has 0 unspecified atom stereocenters. The quantitative estimate of drug-likeness (QED) is 0.879. The van der Waals surface area contributed by atoms with Crippen molar-refractivity contribution in [1.29, 1.82) is 0 Å². The third-order valence-corrected chi connectivity index (χ3v) is 3.14. The standard InChI is InChI=1S/C13H18N2O2/c1-13(2,9-14)7-8-15-10-5-3-4-6-11(10)17-12(15)16/h3-6H,7-9,14H2,1-2H3. The molecule has 0 bridgehead atoms. The lowest BCUT2D eigenvalue weighted by atomic mass is 9.90. The van der Waals surface area contributed by atoms with E-state index in [0.717, 1.165) is 11.9 Å². The minimum atomic E-state index is -0.293. The summed E-state index contributed by atoms with van der Waals surface area (Å²) in [5.74, 6) is -0.293. The van der Waals surface area contributed by atoms with E-state index in [1.807, 2.05) is 18.2 Å². The lowest BCUT2D eigenvalue weighted by Gasteiger charge is -2.21. The number of hydrogen-bond acceptors (Lipinski definition) is 3. The van der Waals surface area contributed by atoms with Gasteiger partial charge in [-0.1, -0.05) is 26.0 Å². The second kappa shape index (κ2) is 4.37. The first-order valence-electron chi connectivity index (χ1n) is 5.82. The van der Waals surface area contributed by atoms with Crippen molar-refractivity contribution in [2.75, 3.05) is 6.54 Å². The van der Waals surface area contributed by atoms with Crippen LogP contribution in [-0.2, 0) is 6.54 Å². The maximum absolute atomic E-state index is 11.7. The van der Waals surface area contributed by atoms with Crippen LogP contribution in [-0.4, -0.2) is 11.1 Å². The smallest absolute Gasteiger partial charge is 0.408 e. The predicted molar refractivity (Wildman–Crippen MR) is 67.9 cm³/mol. The van der Waals surface area contributed by atoms with E-state index in [4.69, 9.17) is 10.2 Å². The zero-order chi connectivity index (χ0) is 12.5. The molecule has 0 atom stereocenters. The van der Waals surface area contributed by atoms with Crippen LogP contribution in [0.2, 0.25) is 0 Å². The van der Waals surface area contributed by atoms with Gasteiger partial charge in [0, 0.05) is 6.54 Å². The molecule has 2 N–H and O–H groups in total. The maximum atomic E-state index is 11.7. The molecule has 4 heteroatoms. The van der Waals surface area contributed by atoms with Gasteiger partial charge in [0.05, 0.1) is 5.52 Å². The number of benzene rings is 1. The van der Waals surface area contributed by atoms with E-state index in [1.54, 1.807) is 10.6 Å². The average Bonchev–Trinajstić information content (AvgIpc) is 2.62. The van der Waals surface area contributed by atoms with Crippen LogP contribution in [0.25, 0.3) is 11.1 Å². The second-order valence-corrected chi connectivity index (χ2v) is 5.11. The molecule has 0 aliphatic carbocycles. The second-order valence-electron chi connectivity index (χ2n) is 5.11. The van der Waals surface area contributed by atoms with Crippen LogP contribution < -0.4 is 11.5 Å². The van der Waals surface area contributed by atoms with Gasteiger partial charge in [-0.3, -0.25) is 4.57 Å². The van der Waals surface area contributed by atoms with Crippen molar-refractivity contribution < 1.29 is 4.42 Å². The predicted octanol–water partition coefficient (Wildman–Crippen LogP) is 1.97. The van der Waals surface area contributed by atoms with Crippen LogP contribution in [0.1, 0.15) is 20.3 Å². The van der Waals surface area contributed by atoms with Crippen molar-refractivity contribution in [2.45, 2.75) is 26.8 Å². The van der Waals surface area contributed by atoms with Gasteiger partial charge in [0.2, 0.25) is 0 Å². The third kappa shape index (κ3) is 2.42. The molecule has 2 aromatic rings. The van der Waals surface area contributed by atoms with Crippen LogP contribution >= 0.6 is 0 Å². The minimum absolute atomic E-state index is 0.0395. The zero-order valence-electron chi connectivity index (χ0n) is 10.3. The van der Waals surface area contributed by atoms with Gasteiger partial charge in [0.25, 0.3) is 0 Å². The summed E-state index contributed by atoms with van der Waals surface area (Å²) in [4.78, 5) is 11.7.